The first kappa shape index (κ1) is 23.8. The predicted octanol–water partition coefficient (Wildman–Crippen LogP) is 4.48. The molecule has 0 spiro atoms. The molecule has 0 radical (unpaired) electrons. The van der Waals surface area contributed by atoms with Gasteiger partial charge < -0.3 is 19.5 Å². The second-order valence-corrected chi connectivity index (χ2v) is 8.85. The fraction of sp³-hybridized carbons (Fsp3) is 0.400. The van der Waals surface area contributed by atoms with Crippen molar-refractivity contribution in [3.8, 4) is 11.1 Å². The van der Waals surface area contributed by atoms with Crippen molar-refractivity contribution in [2.24, 2.45) is 0 Å². The minimum atomic E-state index is -0.582. The van der Waals surface area contributed by atoms with Crippen LogP contribution < -0.4 is 10.2 Å². The number of anilines is 1. The normalized spacial score (nSPS) is 18.3. The van der Waals surface area contributed by atoms with E-state index < -0.39 is 17.5 Å². The van der Waals surface area contributed by atoms with E-state index in [2.05, 4.69) is 15.5 Å². The van der Waals surface area contributed by atoms with Crippen LogP contribution >= 0.6 is 0 Å². The second kappa shape index (κ2) is 9.50. The van der Waals surface area contributed by atoms with Gasteiger partial charge in [0.15, 0.2) is 11.5 Å². The van der Waals surface area contributed by atoms with Gasteiger partial charge >= 0.3 is 0 Å². The Morgan fingerprint density at radius 3 is 2.32 bits per heavy atom. The molecule has 0 aliphatic carbocycles. The van der Waals surface area contributed by atoms with Gasteiger partial charge in [0, 0.05) is 54.3 Å². The average molecular weight is 471 g/mol. The molecule has 2 unspecified atom stereocenters. The molecule has 34 heavy (non-hydrogen) atoms. The highest BCUT2D eigenvalue weighted by molar-refractivity contribution is 5.92. The highest BCUT2D eigenvalue weighted by atomic mass is 19.1. The minimum Gasteiger partial charge on any atom is -0.372 e. The maximum atomic E-state index is 16.0. The Morgan fingerprint density at radius 2 is 1.74 bits per heavy atom. The van der Waals surface area contributed by atoms with E-state index in [1.54, 1.807) is 37.8 Å². The van der Waals surface area contributed by atoms with Gasteiger partial charge in [-0.2, -0.15) is 0 Å². The number of morpholine rings is 1. The minimum absolute atomic E-state index is 0.0559. The van der Waals surface area contributed by atoms with Crippen molar-refractivity contribution in [2.75, 3.05) is 18.0 Å². The molecule has 2 aromatic heterocycles. The maximum Gasteiger partial charge on any atom is 0.273 e. The quantitative estimate of drug-likeness (QED) is 0.592. The van der Waals surface area contributed by atoms with Crippen molar-refractivity contribution in [3.05, 3.63) is 64.3 Å². The van der Waals surface area contributed by atoms with Crippen LogP contribution in [-0.2, 0) is 11.3 Å². The van der Waals surface area contributed by atoms with Crippen LogP contribution in [0.1, 0.15) is 47.0 Å². The number of rotatable bonds is 5. The molecule has 0 bridgehead atoms. The van der Waals surface area contributed by atoms with E-state index in [1.165, 1.54) is 12.1 Å². The van der Waals surface area contributed by atoms with Crippen LogP contribution in [0.3, 0.4) is 0 Å². The molecule has 1 aromatic carbocycles. The number of carbonyl (C=O) groups excluding carboxylic acids is 1. The van der Waals surface area contributed by atoms with Crippen molar-refractivity contribution >= 4 is 11.6 Å². The lowest BCUT2D eigenvalue weighted by Gasteiger charge is -2.37. The number of benzene rings is 1. The van der Waals surface area contributed by atoms with Gasteiger partial charge in [-0.05, 0) is 52.3 Å². The fourth-order valence-electron chi connectivity index (χ4n) is 4.46. The molecule has 1 fully saturated rings. The largest absolute Gasteiger partial charge is 0.372 e. The number of nitrogens with one attached hydrogen (secondary N) is 1. The second-order valence-electron chi connectivity index (χ2n) is 8.85. The van der Waals surface area contributed by atoms with Crippen LogP contribution in [0.4, 0.5) is 14.5 Å². The summed E-state index contributed by atoms with van der Waals surface area (Å²) in [5.41, 5.74) is 2.24. The monoisotopic (exact) mass is 470 g/mol. The maximum absolute atomic E-state index is 16.0. The lowest BCUT2D eigenvalue weighted by Crippen LogP contribution is -2.46. The highest BCUT2D eigenvalue weighted by Crippen LogP contribution is 2.36. The lowest BCUT2D eigenvalue weighted by molar-refractivity contribution is -0.00542. The fourth-order valence-corrected chi connectivity index (χ4v) is 4.46. The Labute approximate surface area is 197 Å². The number of aromatic nitrogens is 2. The van der Waals surface area contributed by atoms with Crippen molar-refractivity contribution in [1.29, 1.82) is 0 Å². The molecule has 3 aromatic rings. The van der Waals surface area contributed by atoms with Gasteiger partial charge in [-0.15, -0.1) is 0 Å². The Kier molecular flexibility index (Phi) is 6.65. The van der Waals surface area contributed by atoms with Gasteiger partial charge in [0.05, 0.1) is 17.9 Å². The number of pyridine rings is 1. The van der Waals surface area contributed by atoms with Crippen LogP contribution in [0.5, 0.6) is 0 Å². The molecule has 1 amide bonds. The molecular weight excluding hydrogens is 442 g/mol. The molecule has 2 atom stereocenters. The predicted molar refractivity (Wildman–Crippen MR) is 124 cm³/mol. The number of halogens is 2. The first-order valence-corrected chi connectivity index (χ1v) is 11.2. The van der Waals surface area contributed by atoms with Crippen molar-refractivity contribution in [3.63, 3.8) is 0 Å². The third-order valence-corrected chi connectivity index (χ3v) is 5.71. The molecule has 9 heteroatoms. The van der Waals surface area contributed by atoms with Crippen LogP contribution in [0, 0.1) is 32.4 Å². The van der Waals surface area contributed by atoms with E-state index in [9.17, 15) is 4.79 Å². The standard InChI is InChI=1S/C25H28F2N4O3/c1-13-6-18(7-14(2)29-13)23-19(10-28-25(32)21-8-15(3)34-30-21)24(27)22(9-20(23)26)31-11-16(4)33-17(5)12-31/h6-9,16-17H,10-12H2,1-5H3,(H,28,32). The van der Waals surface area contributed by atoms with Gasteiger partial charge in [-0.3, -0.25) is 9.78 Å². The van der Waals surface area contributed by atoms with Crippen molar-refractivity contribution in [2.45, 2.75) is 53.4 Å². The molecule has 180 valence electrons. The summed E-state index contributed by atoms with van der Waals surface area (Å²) in [5.74, 6) is -1.22. The number of hydrogen-bond acceptors (Lipinski definition) is 6. The summed E-state index contributed by atoms with van der Waals surface area (Å²) in [6.45, 7) is 9.68. The lowest BCUT2D eigenvalue weighted by atomic mass is 9.96. The van der Waals surface area contributed by atoms with Crippen LogP contribution in [0.15, 0.2) is 28.8 Å². The number of hydrogen-bond donors (Lipinski definition) is 1. The summed E-state index contributed by atoms with van der Waals surface area (Å²) < 4.78 is 42.4. The molecule has 4 rings (SSSR count). The SMILES string of the molecule is Cc1cc(-c2c(F)cc(N3CC(C)OC(C)C3)c(F)c2CNC(=O)c2cc(C)on2)cc(C)n1. The van der Waals surface area contributed by atoms with E-state index in [0.717, 1.165) is 0 Å². The molecule has 0 saturated carbocycles. The Morgan fingerprint density at radius 1 is 1.09 bits per heavy atom. The summed E-state index contributed by atoms with van der Waals surface area (Å²) >= 11 is 0. The van der Waals surface area contributed by atoms with Gasteiger partial charge in [-0.1, -0.05) is 5.16 Å². The van der Waals surface area contributed by atoms with E-state index in [1.807, 2.05) is 13.8 Å². The van der Waals surface area contributed by atoms with Gasteiger partial charge in [0.1, 0.15) is 11.6 Å². The number of carbonyl (C=O) groups is 1. The zero-order valence-corrected chi connectivity index (χ0v) is 19.9. The van der Waals surface area contributed by atoms with Crippen LogP contribution in [0.2, 0.25) is 0 Å². The summed E-state index contributed by atoms with van der Waals surface area (Å²) in [7, 11) is 0. The van der Waals surface area contributed by atoms with Gasteiger partial charge in [0.2, 0.25) is 0 Å². The van der Waals surface area contributed by atoms with Gasteiger partial charge in [-0.25, -0.2) is 8.78 Å². The Bertz CT molecular complexity index is 1200. The molecule has 7 nitrogen and oxygen atoms in total. The zero-order chi connectivity index (χ0) is 24.6. The summed E-state index contributed by atoms with van der Waals surface area (Å²) in [6.07, 6.45) is -0.259. The number of aryl methyl sites for hydroxylation is 3. The van der Waals surface area contributed by atoms with Crippen LogP contribution in [0.25, 0.3) is 11.1 Å². The van der Waals surface area contributed by atoms with Gasteiger partial charge in [0.25, 0.3) is 5.91 Å². The van der Waals surface area contributed by atoms with Crippen molar-refractivity contribution < 1.29 is 22.8 Å². The molecule has 3 heterocycles. The first-order chi connectivity index (χ1) is 16.1. The number of ether oxygens (including phenoxy) is 1. The smallest absolute Gasteiger partial charge is 0.273 e. The molecule has 1 aliphatic heterocycles. The molecular formula is C25H28F2N4O3. The van der Waals surface area contributed by atoms with E-state index in [0.29, 0.717) is 35.8 Å². The Hall–Kier alpha value is -3.33. The first-order valence-electron chi connectivity index (χ1n) is 11.2. The third kappa shape index (κ3) is 4.94. The molecule has 1 N–H and O–H groups in total. The molecule has 1 aliphatic rings. The average Bonchev–Trinajstić information content (AvgIpc) is 3.18. The Balaban J connectivity index is 1.78. The summed E-state index contributed by atoms with van der Waals surface area (Å²) in [4.78, 5) is 18.7. The molecule has 1 saturated heterocycles. The number of amides is 1. The van der Waals surface area contributed by atoms with E-state index in [-0.39, 0.29) is 41.3 Å². The summed E-state index contributed by atoms with van der Waals surface area (Å²) in [5, 5.41) is 6.35. The third-order valence-electron chi connectivity index (χ3n) is 5.71. The highest BCUT2D eigenvalue weighted by Gasteiger charge is 2.28. The summed E-state index contributed by atoms with van der Waals surface area (Å²) in [6, 6.07) is 6.12. The van der Waals surface area contributed by atoms with E-state index in [4.69, 9.17) is 9.26 Å². The zero-order valence-electron chi connectivity index (χ0n) is 19.9. The van der Waals surface area contributed by atoms with Crippen LogP contribution in [-0.4, -0.2) is 41.3 Å². The van der Waals surface area contributed by atoms with Crippen molar-refractivity contribution in [1.82, 2.24) is 15.5 Å². The van der Waals surface area contributed by atoms with E-state index >= 15 is 8.78 Å². The number of nitrogens with zero attached hydrogens (tertiary/aromatic N) is 3. The topological polar surface area (TPSA) is 80.5 Å².